The zero-order chi connectivity index (χ0) is 24.7. The number of fused-ring (bicyclic) bond motifs is 2. The third-order valence-electron chi connectivity index (χ3n) is 5.71. The summed E-state index contributed by atoms with van der Waals surface area (Å²) in [7, 11) is 3.06. The number of hydrogen-bond acceptors (Lipinski definition) is 8. The molecule has 0 saturated heterocycles. The molecule has 2 aromatic heterocycles. The third kappa shape index (κ3) is 3.68. The van der Waals surface area contributed by atoms with Crippen LogP contribution in [0.5, 0.6) is 11.5 Å². The smallest absolute Gasteiger partial charge is 0.296 e. The average molecular weight is 489 g/mol. The summed E-state index contributed by atoms with van der Waals surface area (Å²) in [5.41, 5.74) is 1.44. The highest BCUT2D eigenvalue weighted by molar-refractivity contribution is 7.15. The molecule has 0 unspecified atom stereocenters. The normalized spacial score (nSPS) is 14.3. The molecule has 0 N–H and O–H groups in total. The van der Waals surface area contributed by atoms with E-state index in [9.17, 15) is 14.4 Å². The van der Waals surface area contributed by atoms with Gasteiger partial charge < -0.3 is 14.4 Å². The number of methoxy groups -OCH3 is 2. The van der Waals surface area contributed by atoms with E-state index in [-0.39, 0.29) is 33.1 Å². The van der Waals surface area contributed by atoms with Gasteiger partial charge in [-0.25, -0.2) is 0 Å². The molecule has 9 nitrogen and oxygen atoms in total. The number of amides is 1. The van der Waals surface area contributed by atoms with Gasteiger partial charge in [0.15, 0.2) is 11.5 Å². The van der Waals surface area contributed by atoms with Gasteiger partial charge in [0.05, 0.1) is 25.5 Å². The summed E-state index contributed by atoms with van der Waals surface area (Å²) in [5, 5.41) is 4.31. The van der Waals surface area contributed by atoms with Gasteiger partial charge >= 0.3 is 0 Å². The zero-order valence-corrected chi connectivity index (χ0v) is 19.8. The van der Waals surface area contributed by atoms with Gasteiger partial charge in [0, 0.05) is 18.5 Å². The first-order chi connectivity index (χ1) is 17.0. The van der Waals surface area contributed by atoms with Crippen LogP contribution in [0.25, 0.3) is 10.5 Å². The fourth-order valence-corrected chi connectivity index (χ4v) is 5.09. The van der Waals surface area contributed by atoms with Crippen LogP contribution < -0.4 is 30.0 Å². The van der Waals surface area contributed by atoms with Crippen LogP contribution in [0.15, 0.2) is 64.7 Å². The predicted molar refractivity (Wildman–Crippen MR) is 132 cm³/mol. The Kier molecular flexibility index (Phi) is 5.65. The number of para-hydroxylation sites is 1. The Hall–Kier alpha value is -4.31. The molecule has 0 radical (unpaired) electrons. The summed E-state index contributed by atoms with van der Waals surface area (Å²) in [5.74, 6) is 0.770. The first kappa shape index (κ1) is 22.5. The van der Waals surface area contributed by atoms with Crippen molar-refractivity contribution in [2.45, 2.75) is 6.42 Å². The molecule has 1 amide bonds. The number of carbonyl (C=O) groups is 1. The Morgan fingerprint density at radius 1 is 1.06 bits per heavy atom. The summed E-state index contributed by atoms with van der Waals surface area (Å²) in [6.45, 7) is 4.03. The van der Waals surface area contributed by atoms with E-state index < -0.39 is 11.1 Å². The number of thiazole rings is 1. The van der Waals surface area contributed by atoms with E-state index in [0.29, 0.717) is 29.3 Å². The Balaban J connectivity index is 1.65. The molecule has 0 aliphatic carbocycles. The highest BCUT2D eigenvalue weighted by Crippen LogP contribution is 2.35. The number of nitrogens with zero attached hydrogens (tertiary/aromatic N) is 4. The molecular formula is C25H20N4O5S. The zero-order valence-electron chi connectivity index (χ0n) is 19.0. The maximum Gasteiger partial charge on any atom is 0.296 e. The van der Waals surface area contributed by atoms with Crippen molar-refractivity contribution in [3.63, 3.8) is 0 Å². The minimum atomic E-state index is -0.538. The number of carbonyl (C=O) groups excluding carboxylic acids is 1. The first-order valence-corrected chi connectivity index (χ1v) is 11.5. The molecule has 1 aliphatic rings. The van der Waals surface area contributed by atoms with E-state index in [1.54, 1.807) is 35.2 Å². The van der Waals surface area contributed by atoms with Gasteiger partial charge in [-0.1, -0.05) is 41.7 Å². The molecule has 35 heavy (non-hydrogen) atoms. The van der Waals surface area contributed by atoms with Gasteiger partial charge in [0.2, 0.25) is 4.96 Å². The van der Waals surface area contributed by atoms with Gasteiger partial charge in [-0.15, -0.1) is 6.58 Å². The molecule has 0 atom stereocenters. The Morgan fingerprint density at radius 2 is 1.83 bits per heavy atom. The second kappa shape index (κ2) is 8.80. The summed E-state index contributed by atoms with van der Waals surface area (Å²) in [6.07, 6.45) is 1.77. The van der Waals surface area contributed by atoms with Gasteiger partial charge in [0.1, 0.15) is 10.2 Å². The van der Waals surface area contributed by atoms with E-state index in [4.69, 9.17) is 9.47 Å². The first-order valence-electron chi connectivity index (χ1n) is 10.7. The summed E-state index contributed by atoms with van der Waals surface area (Å²) in [6, 6.07) is 12.5. The van der Waals surface area contributed by atoms with Crippen LogP contribution in [-0.4, -0.2) is 41.3 Å². The minimum Gasteiger partial charge on any atom is -0.493 e. The monoisotopic (exact) mass is 488 g/mol. The molecule has 0 fully saturated rings. The lowest BCUT2D eigenvalue weighted by molar-refractivity contribution is -0.112. The number of anilines is 1. The van der Waals surface area contributed by atoms with Crippen molar-refractivity contribution in [1.29, 1.82) is 0 Å². The number of hydrogen-bond donors (Lipinski definition) is 0. The van der Waals surface area contributed by atoms with Crippen LogP contribution in [0, 0.1) is 0 Å². The van der Waals surface area contributed by atoms with E-state index in [1.807, 2.05) is 18.2 Å². The molecule has 4 aromatic rings. The molecule has 1 aliphatic heterocycles. The lowest BCUT2D eigenvalue weighted by Crippen LogP contribution is -2.33. The minimum absolute atomic E-state index is 0.104. The molecular weight excluding hydrogens is 468 g/mol. The van der Waals surface area contributed by atoms with Crippen molar-refractivity contribution in [3.8, 4) is 11.5 Å². The van der Waals surface area contributed by atoms with Crippen molar-refractivity contribution in [2.24, 2.45) is 0 Å². The molecule has 10 heteroatoms. The summed E-state index contributed by atoms with van der Waals surface area (Å²) in [4.78, 5) is 45.1. The van der Waals surface area contributed by atoms with Crippen LogP contribution in [0.1, 0.15) is 16.8 Å². The average Bonchev–Trinajstić information content (AvgIpc) is 3.32. The van der Waals surface area contributed by atoms with Crippen LogP contribution in [0.3, 0.4) is 0 Å². The highest BCUT2D eigenvalue weighted by Gasteiger charge is 2.33. The number of rotatable bonds is 6. The number of benzene rings is 2. The van der Waals surface area contributed by atoms with Crippen LogP contribution in [0.2, 0.25) is 0 Å². The van der Waals surface area contributed by atoms with E-state index in [1.165, 1.54) is 14.2 Å². The molecule has 3 heterocycles. The second-order valence-electron chi connectivity index (χ2n) is 7.76. The largest absolute Gasteiger partial charge is 0.493 e. The van der Waals surface area contributed by atoms with Crippen molar-refractivity contribution in [1.82, 2.24) is 14.6 Å². The molecule has 176 valence electrons. The van der Waals surface area contributed by atoms with E-state index in [0.717, 1.165) is 21.4 Å². The van der Waals surface area contributed by atoms with Gasteiger partial charge in [0.25, 0.3) is 17.0 Å². The summed E-state index contributed by atoms with van der Waals surface area (Å²) < 4.78 is 11.9. The SMILES string of the molecule is C=CCN1C(=O)/C(=c2/sc3nc(=O)c(Cc4ccc(OC)c(OC)c4)nn3c2=O)c2ccccc21. The van der Waals surface area contributed by atoms with Crippen LogP contribution >= 0.6 is 11.3 Å². The van der Waals surface area contributed by atoms with Crippen LogP contribution in [-0.2, 0) is 11.2 Å². The maximum absolute atomic E-state index is 13.4. The van der Waals surface area contributed by atoms with E-state index >= 15 is 0 Å². The second-order valence-corrected chi connectivity index (χ2v) is 8.73. The topological polar surface area (TPSA) is 103 Å². The lowest BCUT2D eigenvalue weighted by atomic mass is 10.1. The molecule has 2 aromatic carbocycles. The van der Waals surface area contributed by atoms with Gasteiger partial charge in [-0.2, -0.15) is 14.6 Å². The quantitative estimate of drug-likeness (QED) is 0.380. The van der Waals surface area contributed by atoms with Gasteiger partial charge in [-0.05, 0) is 23.8 Å². The fourth-order valence-electron chi connectivity index (χ4n) is 4.10. The van der Waals surface area contributed by atoms with Crippen molar-refractivity contribution in [3.05, 3.63) is 97.2 Å². The van der Waals surface area contributed by atoms with Gasteiger partial charge in [-0.3, -0.25) is 14.4 Å². The third-order valence-corrected chi connectivity index (χ3v) is 6.74. The highest BCUT2D eigenvalue weighted by atomic mass is 32.1. The predicted octanol–water partition coefficient (Wildman–Crippen LogP) is 1.57. The van der Waals surface area contributed by atoms with Crippen molar-refractivity contribution in [2.75, 3.05) is 25.7 Å². The molecule has 0 saturated carbocycles. The van der Waals surface area contributed by atoms with E-state index in [2.05, 4.69) is 16.7 Å². The maximum atomic E-state index is 13.4. The lowest BCUT2D eigenvalue weighted by Gasteiger charge is -2.13. The molecule has 5 rings (SSSR count). The Morgan fingerprint density at radius 3 is 2.57 bits per heavy atom. The fraction of sp³-hybridized carbons (Fsp3) is 0.160. The summed E-state index contributed by atoms with van der Waals surface area (Å²) >= 11 is 0.979. The number of ether oxygens (including phenoxy) is 2. The van der Waals surface area contributed by atoms with Crippen LogP contribution in [0.4, 0.5) is 5.69 Å². The molecule has 0 spiro atoms. The Labute approximate surface area is 203 Å². The number of aromatic nitrogens is 3. The molecule has 0 bridgehead atoms. The van der Waals surface area contributed by atoms with Crippen molar-refractivity contribution < 1.29 is 14.3 Å². The Bertz CT molecular complexity index is 1670. The standard InChI is InChI=1S/C25H20N4O5S/c1-4-11-28-17-8-6-5-7-15(17)20(23(28)31)21-24(32)29-25(35-21)26-22(30)16(27-29)12-14-9-10-18(33-2)19(13-14)34-3/h4-10,13H,1,11-12H2,2-3H3/b21-20+. The van der Waals surface area contributed by atoms with Crippen molar-refractivity contribution >= 4 is 33.5 Å².